The lowest BCUT2D eigenvalue weighted by molar-refractivity contribution is 0.155. The normalized spacial score (nSPS) is 34.5. The second kappa shape index (κ2) is 4.15. The van der Waals surface area contributed by atoms with Crippen molar-refractivity contribution in [2.75, 3.05) is 5.32 Å². The van der Waals surface area contributed by atoms with Crippen LogP contribution in [0.1, 0.15) is 40.0 Å². The number of nitrogens with one attached hydrogen (secondary N) is 1. The van der Waals surface area contributed by atoms with Crippen LogP contribution >= 0.6 is 0 Å². The van der Waals surface area contributed by atoms with E-state index in [1.165, 1.54) is 6.42 Å². The fraction of sp³-hybridized carbons (Fsp3) is 0.625. The molecule has 2 aliphatic rings. The van der Waals surface area contributed by atoms with E-state index in [1.807, 2.05) is 0 Å². The van der Waals surface area contributed by atoms with Gasteiger partial charge in [0.15, 0.2) is 11.6 Å². The van der Waals surface area contributed by atoms with Crippen molar-refractivity contribution < 1.29 is 13.2 Å². The third-order valence-corrected chi connectivity index (χ3v) is 5.56. The second-order valence-corrected chi connectivity index (χ2v) is 7.24. The first-order valence-corrected chi connectivity index (χ1v) is 7.15. The molecule has 0 amide bonds. The van der Waals surface area contributed by atoms with Crippen LogP contribution < -0.4 is 5.32 Å². The maximum Gasteiger partial charge on any atom is 0.182 e. The Bertz CT molecular complexity index is 550. The average molecular weight is 283 g/mol. The van der Waals surface area contributed by atoms with Gasteiger partial charge in [0.25, 0.3) is 0 Å². The van der Waals surface area contributed by atoms with E-state index in [9.17, 15) is 13.2 Å². The minimum Gasteiger partial charge on any atom is -0.379 e. The highest BCUT2D eigenvalue weighted by atomic mass is 19.2. The SMILES string of the molecule is CC12CCC(C1)C(C)(C)C2Nc1cc(F)cc(F)c1F. The monoisotopic (exact) mass is 283 g/mol. The first-order chi connectivity index (χ1) is 9.24. The summed E-state index contributed by atoms with van der Waals surface area (Å²) in [6, 6.07) is 1.65. The zero-order valence-corrected chi connectivity index (χ0v) is 12.1. The summed E-state index contributed by atoms with van der Waals surface area (Å²) in [6.45, 7) is 6.51. The molecule has 2 aliphatic carbocycles. The second-order valence-electron chi connectivity index (χ2n) is 7.24. The van der Waals surface area contributed by atoms with Crippen LogP contribution in [0.4, 0.5) is 18.9 Å². The molecule has 4 heteroatoms. The number of benzene rings is 1. The Morgan fingerprint density at radius 1 is 1.15 bits per heavy atom. The molecule has 1 nitrogen and oxygen atoms in total. The van der Waals surface area contributed by atoms with Gasteiger partial charge in [-0.2, -0.15) is 0 Å². The van der Waals surface area contributed by atoms with Crippen LogP contribution in [-0.2, 0) is 0 Å². The van der Waals surface area contributed by atoms with Gasteiger partial charge in [-0.15, -0.1) is 0 Å². The Balaban J connectivity index is 1.96. The maximum atomic E-state index is 13.8. The molecular formula is C16H20F3N. The van der Waals surface area contributed by atoms with Crippen LogP contribution in [0.2, 0.25) is 0 Å². The summed E-state index contributed by atoms with van der Waals surface area (Å²) in [4.78, 5) is 0. The van der Waals surface area contributed by atoms with Crippen molar-refractivity contribution in [3.8, 4) is 0 Å². The van der Waals surface area contributed by atoms with Gasteiger partial charge in [0.1, 0.15) is 5.82 Å². The Morgan fingerprint density at radius 2 is 1.85 bits per heavy atom. The number of anilines is 1. The predicted octanol–water partition coefficient (Wildman–Crippen LogP) is 4.73. The van der Waals surface area contributed by atoms with Crippen molar-refractivity contribution >= 4 is 5.69 Å². The molecule has 0 saturated heterocycles. The Hall–Kier alpha value is -1.19. The van der Waals surface area contributed by atoms with E-state index in [-0.39, 0.29) is 22.6 Å². The number of rotatable bonds is 2. The van der Waals surface area contributed by atoms with Crippen LogP contribution in [0, 0.1) is 34.2 Å². The minimum atomic E-state index is -1.14. The Kier molecular flexibility index (Phi) is 2.86. The van der Waals surface area contributed by atoms with Gasteiger partial charge in [0, 0.05) is 18.2 Å². The molecule has 0 radical (unpaired) electrons. The Labute approximate surface area is 117 Å². The van der Waals surface area contributed by atoms with E-state index < -0.39 is 17.5 Å². The van der Waals surface area contributed by atoms with E-state index in [0.717, 1.165) is 18.9 Å². The fourth-order valence-corrected chi connectivity index (χ4v) is 4.48. The molecule has 3 unspecified atom stereocenters. The van der Waals surface area contributed by atoms with Crippen molar-refractivity contribution in [1.82, 2.24) is 0 Å². The van der Waals surface area contributed by atoms with Crippen molar-refractivity contribution in [2.24, 2.45) is 16.7 Å². The largest absolute Gasteiger partial charge is 0.379 e. The molecule has 2 fully saturated rings. The molecule has 1 aromatic rings. The van der Waals surface area contributed by atoms with Crippen molar-refractivity contribution in [2.45, 2.75) is 46.1 Å². The van der Waals surface area contributed by atoms with E-state index in [1.54, 1.807) is 0 Å². The number of fused-ring (bicyclic) bond motifs is 2. The standard InChI is InChI=1S/C16H20F3N/c1-15(2)9-4-5-16(3,8-9)14(15)20-12-7-10(17)6-11(18)13(12)19/h6-7,9,14,20H,4-5,8H2,1-3H3. The van der Waals surface area contributed by atoms with Crippen molar-refractivity contribution in [1.29, 1.82) is 0 Å². The zero-order valence-electron chi connectivity index (χ0n) is 12.1. The molecule has 0 heterocycles. The van der Waals surface area contributed by atoms with Gasteiger partial charge in [-0.3, -0.25) is 0 Å². The molecule has 1 N–H and O–H groups in total. The lowest BCUT2D eigenvalue weighted by atomic mass is 9.68. The van der Waals surface area contributed by atoms with Gasteiger partial charge in [-0.05, 0) is 36.0 Å². The van der Waals surface area contributed by atoms with E-state index in [4.69, 9.17) is 0 Å². The highest BCUT2D eigenvalue weighted by Gasteiger charge is 2.59. The summed E-state index contributed by atoms with van der Waals surface area (Å²) >= 11 is 0. The number of hydrogen-bond acceptors (Lipinski definition) is 1. The van der Waals surface area contributed by atoms with Gasteiger partial charge < -0.3 is 5.32 Å². The van der Waals surface area contributed by atoms with Crippen LogP contribution in [0.3, 0.4) is 0 Å². The Morgan fingerprint density at radius 3 is 2.45 bits per heavy atom. The van der Waals surface area contributed by atoms with Gasteiger partial charge in [0.2, 0.25) is 0 Å². The number of halogens is 3. The molecule has 2 saturated carbocycles. The predicted molar refractivity (Wildman–Crippen MR) is 73.0 cm³/mol. The summed E-state index contributed by atoms with van der Waals surface area (Å²) in [5.74, 6) is -2.30. The summed E-state index contributed by atoms with van der Waals surface area (Å²) in [5.41, 5.74) is 0.0142. The van der Waals surface area contributed by atoms with Gasteiger partial charge in [0.05, 0.1) is 5.69 Å². The first-order valence-electron chi connectivity index (χ1n) is 7.15. The summed E-state index contributed by atoms with van der Waals surface area (Å²) < 4.78 is 40.5. The van der Waals surface area contributed by atoms with Crippen LogP contribution in [0.15, 0.2) is 12.1 Å². The van der Waals surface area contributed by atoms with Gasteiger partial charge in [-0.1, -0.05) is 20.8 Å². The molecule has 0 aromatic heterocycles. The van der Waals surface area contributed by atoms with Crippen LogP contribution in [0.5, 0.6) is 0 Å². The first kappa shape index (κ1) is 13.8. The fourth-order valence-electron chi connectivity index (χ4n) is 4.48. The molecule has 3 rings (SSSR count). The van der Waals surface area contributed by atoms with E-state index in [2.05, 4.69) is 26.1 Å². The molecule has 20 heavy (non-hydrogen) atoms. The third-order valence-electron chi connectivity index (χ3n) is 5.56. The molecule has 1 aromatic carbocycles. The molecule has 110 valence electrons. The van der Waals surface area contributed by atoms with Gasteiger partial charge in [-0.25, -0.2) is 13.2 Å². The summed E-state index contributed by atoms with van der Waals surface area (Å²) in [7, 11) is 0. The summed E-state index contributed by atoms with van der Waals surface area (Å²) in [6.07, 6.45) is 3.36. The van der Waals surface area contributed by atoms with Crippen LogP contribution in [0.25, 0.3) is 0 Å². The topological polar surface area (TPSA) is 12.0 Å². The average Bonchev–Trinajstić information content (AvgIpc) is 2.81. The van der Waals surface area contributed by atoms with E-state index in [0.29, 0.717) is 12.0 Å². The lowest BCUT2D eigenvalue weighted by Crippen LogP contribution is -2.46. The molecule has 0 aliphatic heterocycles. The van der Waals surface area contributed by atoms with Gasteiger partial charge >= 0.3 is 0 Å². The quantitative estimate of drug-likeness (QED) is 0.774. The molecule has 3 atom stereocenters. The molecule has 0 spiro atoms. The van der Waals surface area contributed by atoms with Crippen molar-refractivity contribution in [3.05, 3.63) is 29.6 Å². The van der Waals surface area contributed by atoms with Crippen LogP contribution in [-0.4, -0.2) is 6.04 Å². The molecular weight excluding hydrogens is 263 g/mol. The maximum absolute atomic E-state index is 13.8. The molecule has 2 bridgehead atoms. The minimum absolute atomic E-state index is 0.00222. The highest BCUT2D eigenvalue weighted by Crippen LogP contribution is 2.63. The smallest absolute Gasteiger partial charge is 0.182 e. The van der Waals surface area contributed by atoms with E-state index >= 15 is 0 Å². The van der Waals surface area contributed by atoms with Crippen molar-refractivity contribution in [3.63, 3.8) is 0 Å². The summed E-state index contributed by atoms with van der Waals surface area (Å²) in [5, 5.41) is 3.10. The zero-order chi connectivity index (χ0) is 14.7. The lowest BCUT2D eigenvalue weighted by Gasteiger charge is -2.43. The number of hydrogen-bond donors (Lipinski definition) is 1. The third kappa shape index (κ3) is 1.84. The highest BCUT2D eigenvalue weighted by molar-refractivity contribution is 5.48.